The maximum absolute atomic E-state index is 13.5. The summed E-state index contributed by atoms with van der Waals surface area (Å²) in [5.74, 6) is -0.487. The SMILES string of the molecule is CC(=O)OC1C[C@@]2(C)C(CC[C@]3(C)[C@@H]2CC=C2[C@@H]4[C@@H](C)[C@H](C)CC[C@]4(C(=O)O)CC[C@]23C)C(C)(C=O)C1=O. The molecule has 5 aliphatic rings. The van der Waals surface area contributed by atoms with Gasteiger partial charge in [-0.25, -0.2) is 0 Å². The van der Waals surface area contributed by atoms with E-state index in [1.54, 1.807) is 6.92 Å². The number of allylic oxidation sites excluding steroid dienone is 2. The van der Waals surface area contributed by atoms with Gasteiger partial charge in [-0.05, 0) is 104 Å². The maximum Gasteiger partial charge on any atom is 0.310 e. The molecular formula is C32H46O6. The van der Waals surface area contributed by atoms with Crippen LogP contribution in [0.2, 0.25) is 0 Å². The normalized spacial score (nSPS) is 51.9. The van der Waals surface area contributed by atoms with E-state index in [2.05, 4.69) is 40.7 Å². The minimum absolute atomic E-state index is 0.0350. The fraction of sp³-hybridized carbons (Fsp3) is 0.812. The van der Waals surface area contributed by atoms with E-state index >= 15 is 0 Å². The van der Waals surface area contributed by atoms with Crippen molar-refractivity contribution < 1.29 is 29.0 Å². The summed E-state index contributed by atoms with van der Waals surface area (Å²) in [6.45, 7) is 14.6. The molecule has 0 aliphatic heterocycles. The number of aliphatic carboxylic acids is 1. The Morgan fingerprint density at radius 1 is 1.03 bits per heavy atom. The third kappa shape index (κ3) is 3.24. The Morgan fingerprint density at radius 3 is 2.32 bits per heavy atom. The quantitative estimate of drug-likeness (QED) is 0.209. The minimum Gasteiger partial charge on any atom is -0.481 e. The number of hydrogen-bond acceptors (Lipinski definition) is 5. The molecule has 0 amide bonds. The molecule has 0 aromatic carbocycles. The van der Waals surface area contributed by atoms with Gasteiger partial charge in [0.05, 0.1) is 10.8 Å². The number of esters is 1. The lowest BCUT2D eigenvalue weighted by atomic mass is 9.33. The smallest absolute Gasteiger partial charge is 0.310 e. The van der Waals surface area contributed by atoms with Crippen molar-refractivity contribution in [3.8, 4) is 0 Å². The van der Waals surface area contributed by atoms with Crippen molar-refractivity contribution in [3.05, 3.63) is 11.6 Å². The molecule has 6 nitrogen and oxygen atoms in total. The topological polar surface area (TPSA) is 97.7 Å². The molecule has 1 N–H and O–H groups in total. The number of carbonyl (C=O) groups is 4. The lowest BCUT2D eigenvalue weighted by Crippen LogP contribution is -2.67. The van der Waals surface area contributed by atoms with Gasteiger partial charge >= 0.3 is 11.9 Å². The Hall–Kier alpha value is -1.98. The molecular weight excluding hydrogens is 480 g/mol. The lowest BCUT2D eigenvalue weighted by Gasteiger charge is -2.70. The molecule has 4 fully saturated rings. The van der Waals surface area contributed by atoms with Crippen molar-refractivity contribution in [1.29, 1.82) is 0 Å². The summed E-state index contributed by atoms with van der Waals surface area (Å²) >= 11 is 0. The van der Waals surface area contributed by atoms with E-state index in [4.69, 9.17) is 4.74 Å². The average Bonchev–Trinajstić information content (AvgIpc) is 2.84. The van der Waals surface area contributed by atoms with E-state index in [9.17, 15) is 24.3 Å². The number of hydrogen-bond donors (Lipinski definition) is 1. The molecule has 0 saturated heterocycles. The lowest BCUT2D eigenvalue weighted by molar-refractivity contribution is -0.205. The molecule has 0 bridgehead atoms. The second-order valence-corrected chi connectivity index (χ2v) is 14.7. The molecule has 3 unspecified atom stereocenters. The average molecular weight is 527 g/mol. The highest BCUT2D eigenvalue weighted by Gasteiger charge is 2.71. The number of rotatable bonds is 3. The Kier molecular flexibility index (Phi) is 6.18. The number of Topliss-reactive ketones (excluding diaryl/α,β-unsaturated/α-hetero) is 1. The van der Waals surface area contributed by atoms with Crippen LogP contribution < -0.4 is 0 Å². The first-order chi connectivity index (χ1) is 17.6. The molecule has 5 rings (SSSR count). The minimum atomic E-state index is -1.18. The van der Waals surface area contributed by atoms with Crippen molar-refractivity contribution >= 4 is 24.0 Å². The third-order valence-corrected chi connectivity index (χ3v) is 13.4. The first-order valence-corrected chi connectivity index (χ1v) is 14.7. The van der Waals surface area contributed by atoms with Crippen molar-refractivity contribution in [2.24, 2.45) is 56.7 Å². The van der Waals surface area contributed by atoms with E-state index < -0.39 is 28.9 Å². The van der Waals surface area contributed by atoms with Crippen molar-refractivity contribution in [3.63, 3.8) is 0 Å². The van der Waals surface area contributed by atoms with Crippen molar-refractivity contribution in [1.82, 2.24) is 0 Å². The molecule has 5 aliphatic carbocycles. The number of fused-ring (bicyclic) bond motifs is 7. The summed E-state index contributed by atoms with van der Waals surface area (Å²) in [5.41, 5.74) is -1.15. The third-order valence-electron chi connectivity index (χ3n) is 13.4. The van der Waals surface area contributed by atoms with Gasteiger partial charge in [-0.1, -0.05) is 46.3 Å². The van der Waals surface area contributed by atoms with E-state index in [1.807, 2.05) is 0 Å². The van der Waals surface area contributed by atoms with E-state index in [0.29, 0.717) is 24.7 Å². The predicted molar refractivity (Wildman–Crippen MR) is 143 cm³/mol. The van der Waals surface area contributed by atoms with Crippen molar-refractivity contribution in [2.75, 3.05) is 0 Å². The summed E-state index contributed by atoms with van der Waals surface area (Å²) in [6.07, 6.45) is 8.44. The standard InChI is InChI=1S/C32H46O6/c1-18-10-13-32(27(36)37)15-14-30(6)21(25(32)19(18)2)8-9-24-28(4)16-22(38-20(3)34)26(35)29(5,17-33)23(28)11-12-31(24,30)7/h8,17-19,22-25H,9-16H2,1-7H3,(H,36,37)/t18-,19+,22?,23?,24-,25+,28+,29?,30-,31-,32+/m1/s1. The van der Waals surface area contributed by atoms with Gasteiger partial charge in [-0.3, -0.25) is 14.4 Å². The second-order valence-electron chi connectivity index (χ2n) is 14.7. The van der Waals surface area contributed by atoms with Crippen LogP contribution in [-0.2, 0) is 23.9 Å². The summed E-state index contributed by atoms with van der Waals surface area (Å²) < 4.78 is 5.57. The van der Waals surface area contributed by atoms with Gasteiger partial charge in [-0.2, -0.15) is 0 Å². The van der Waals surface area contributed by atoms with Gasteiger partial charge in [0.1, 0.15) is 6.29 Å². The van der Waals surface area contributed by atoms with Crippen LogP contribution in [0, 0.1) is 56.7 Å². The van der Waals surface area contributed by atoms with Gasteiger partial charge in [0.2, 0.25) is 0 Å². The van der Waals surface area contributed by atoms with Crippen LogP contribution in [0.4, 0.5) is 0 Å². The second kappa shape index (κ2) is 8.51. The molecule has 0 radical (unpaired) electrons. The van der Waals surface area contributed by atoms with Crippen LogP contribution in [0.5, 0.6) is 0 Å². The maximum atomic E-state index is 13.5. The van der Waals surface area contributed by atoms with E-state index in [-0.39, 0.29) is 39.8 Å². The van der Waals surface area contributed by atoms with Crippen LogP contribution in [0.3, 0.4) is 0 Å². The zero-order chi connectivity index (χ0) is 28.1. The highest BCUT2D eigenvalue weighted by Crippen LogP contribution is 2.75. The first-order valence-electron chi connectivity index (χ1n) is 14.7. The van der Waals surface area contributed by atoms with E-state index in [1.165, 1.54) is 12.5 Å². The number of aldehydes is 1. The highest BCUT2D eigenvalue weighted by atomic mass is 16.5. The largest absolute Gasteiger partial charge is 0.481 e. The van der Waals surface area contributed by atoms with Crippen LogP contribution in [-0.4, -0.2) is 35.2 Å². The number of ketones is 1. The Bertz CT molecular complexity index is 1110. The zero-order valence-corrected chi connectivity index (χ0v) is 24.3. The number of ether oxygens (including phenoxy) is 1. The monoisotopic (exact) mass is 526 g/mol. The number of carbonyl (C=O) groups excluding carboxylic acids is 3. The summed E-state index contributed by atoms with van der Waals surface area (Å²) in [7, 11) is 0. The molecule has 6 heteroatoms. The number of carboxylic acid groups (broad SMARTS) is 1. The fourth-order valence-corrected chi connectivity index (χ4v) is 10.9. The summed E-state index contributed by atoms with van der Waals surface area (Å²) in [6, 6.07) is 0. The van der Waals surface area contributed by atoms with Crippen LogP contribution in [0.15, 0.2) is 11.6 Å². The molecule has 0 spiro atoms. The molecule has 38 heavy (non-hydrogen) atoms. The van der Waals surface area contributed by atoms with Crippen molar-refractivity contribution in [2.45, 2.75) is 106 Å². The molecule has 0 aromatic rings. The first kappa shape index (κ1) is 27.6. The molecule has 11 atom stereocenters. The fourth-order valence-electron chi connectivity index (χ4n) is 10.9. The molecule has 210 valence electrons. The number of carboxylic acids is 1. The molecule has 0 aromatic heterocycles. The predicted octanol–water partition coefficient (Wildman–Crippen LogP) is 6.02. The summed E-state index contributed by atoms with van der Waals surface area (Å²) in [4.78, 5) is 50.9. The summed E-state index contributed by atoms with van der Waals surface area (Å²) in [5, 5.41) is 10.6. The van der Waals surface area contributed by atoms with Crippen LogP contribution in [0.1, 0.15) is 99.8 Å². The highest BCUT2D eigenvalue weighted by molar-refractivity contribution is 6.02. The zero-order valence-electron chi connectivity index (χ0n) is 24.3. The van der Waals surface area contributed by atoms with Gasteiger partial charge in [0, 0.05) is 6.92 Å². The van der Waals surface area contributed by atoms with Crippen LogP contribution >= 0.6 is 0 Å². The van der Waals surface area contributed by atoms with Gasteiger partial charge in [-0.15, -0.1) is 0 Å². The van der Waals surface area contributed by atoms with Crippen LogP contribution in [0.25, 0.3) is 0 Å². The molecule has 4 saturated carbocycles. The Balaban J connectivity index is 1.63. The van der Waals surface area contributed by atoms with E-state index in [0.717, 1.165) is 44.8 Å². The van der Waals surface area contributed by atoms with Gasteiger partial charge < -0.3 is 14.6 Å². The van der Waals surface area contributed by atoms with Gasteiger partial charge in [0.15, 0.2) is 11.9 Å². The van der Waals surface area contributed by atoms with Gasteiger partial charge in [0.25, 0.3) is 0 Å². The Morgan fingerprint density at radius 2 is 1.71 bits per heavy atom. The Labute approximate surface area is 227 Å². The molecule has 0 heterocycles.